The van der Waals surface area contributed by atoms with Crippen molar-refractivity contribution in [1.82, 2.24) is 4.90 Å². The highest BCUT2D eigenvalue weighted by Crippen LogP contribution is 2.13. The molecule has 1 nitrogen and oxygen atoms in total. The highest BCUT2D eigenvalue weighted by atomic mass is 15.1. The molecule has 88 valence electrons. The number of nitrogens with zero attached hydrogens (tertiary/aromatic N) is 1. The molecule has 0 aliphatic carbocycles. The Labute approximate surface area is 96.2 Å². The van der Waals surface area contributed by atoms with Crippen LogP contribution in [0.25, 0.3) is 0 Å². The zero-order chi connectivity index (χ0) is 12.1. The number of rotatable bonds is 1. The van der Waals surface area contributed by atoms with Crippen LogP contribution in [-0.2, 0) is 0 Å². The highest BCUT2D eigenvalue weighted by Gasteiger charge is 2.10. The first-order chi connectivity index (χ1) is 7.36. The van der Waals surface area contributed by atoms with Gasteiger partial charge in [-0.1, -0.05) is 46.1 Å². The minimum Gasteiger partial charge on any atom is -0.303 e. The fourth-order valence-corrected chi connectivity index (χ4v) is 1.39. The van der Waals surface area contributed by atoms with Gasteiger partial charge in [-0.25, -0.2) is 0 Å². The van der Waals surface area contributed by atoms with Crippen molar-refractivity contribution in [2.75, 3.05) is 19.6 Å². The molecule has 0 saturated carbocycles. The van der Waals surface area contributed by atoms with E-state index >= 15 is 0 Å². The molecule has 1 heterocycles. The van der Waals surface area contributed by atoms with Crippen LogP contribution in [0.15, 0.2) is 23.6 Å². The molecule has 1 aliphatic rings. The summed E-state index contributed by atoms with van der Waals surface area (Å²) in [5.74, 6) is 0. The quantitative estimate of drug-likeness (QED) is 0.590. The third kappa shape index (κ3) is 8.27. The largest absolute Gasteiger partial charge is 0.303 e. The van der Waals surface area contributed by atoms with Gasteiger partial charge in [0, 0.05) is 13.1 Å². The maximum absolute atomic E-state index is 3.52. The molecule has 1 rings (SSSR count). The molecular weight excluding hydrogens is 182 g/mol. The van der Waals surface area contributed by atoms with E-state index in [1.807, 2.05) is 27.7 Å². The Bertz CT molecular complexity index is 195. The topological polar surface area (TPSA) is 3.24 Å². The van der Waals surface area contributed by atoms with Crippen LogP contribution in [0.2, 0.25) is 0 Å². The Hall–Kier alpha value is -0.740. The second-order valence-electron chi connectivity index (χ2n) is 2.84. The normalized spacial score (nSPS) is 14.9. The molecule has 1 aliphatic heterocycles. The van der Waals surface area contributed by atoms with Crippen molar-refractivity contribution < 1.29 is 0 Å². The Morgan fingerprint density at radius 3 is 1.93 bits per heavy atom. The molecule has 0 radical (unpaired) electrons. The van der Waals surface area contributed by atoms with E-state index in [-0.39, 0.29) is 0 Å². The lowest BCUT2D eigenvalue weighted by atomic mass is 10.1. The van der Waals surface area contributed by atoms with Gasteiger partial charge in [0.25, 0.3) is 0 Å². The van der Waals surface area contributed by atoms with E-state index in [1.165, 1.54) is 25.2 Å². The summed E-state index contributed by atoms with van der Waals surface area (Å²) in [6.45, 7) is 17.3. The summed E-state index contributed by atoms with van der Waals surface area (Å²) < 4.78 is 0. The molecule has 0 bridgehead atoms. The average molecular weight is 209 g/mol. The van der Waals surface area contributed by atoms with Gasteiger partial charge in [0.1, 0.15) is 0 Å². The molecule has 0 amide bonds. The predicted molar refractivity (Wildman–Crippen MR) is 70.2 cm³/mol. The fraction of sp³-hybridized carbons (Fsp3) is 0.714. The molecule has 0 N–H and O–H groups in total. The molecular formula is C14H27N. The minimum absolute atomic E-state index is 1.15. The molecule has 0 spiro atoms. The van der Waals surface area contributed by atoms with E-state index in [1.54, 1.807) is 0 Å². The van der Waals surface area contributed by atoms with Gasteiger partial charge in [-0.05, 0) is 31.5 Å². The van der Waals surface area contributed by atoms with Crippen molar-refractivity contribution in [3.8, 4) is 0 Å². The maximum atomic E-state index is 3.52. The van der Waals surface area contributed by atoms with Crippen LogP contribution in [0, 0.1) is 0 Å². The van der Waals surface area contributed by atoms with Gasteiger partial charge in [-0.2, -0.15) is 0 Å². The van der Waals surface area contributed by atoms with Crippen LogP contribution in [0.1, 0.15) is 47.5 Å². The van der Waals surface area contributed by atoms with Gasteiger partial charge >= 0.3 is 0 Å². The average Bonchev–Trinajstić information content (AvgIpc) is 2.36. The third-order valence-electron chi connectivity index (χ3n) is 2.17. The summed E-state index contributed by atoms with van der Waals surface area (Å²) in [6, 6.07) is 0. The lowest BCUT2D eigenvalue weighted by Gasteiger charge is -2.25. The number of hydrogen-bond acceptors (Lipinski definition) is 1. The molecule has 1 heteroatoms. The minimum atomic E-state index is 1.15. The Morgan fingerprint density at radius 2 is 1.60 bits per heavy atom. The van der Waals surface area contributed by atoms with Crippen molar-refractivity contribution in [2.24, 2.45) is 0 Å². The SMILES string of the molecule is C=C=C=C1CCN(CC)CC1.CC.CC. The number of likely N-dealkylation sites (tertiary alicyclic amines) is 1. The standard InChI is InChI=1S/C10H15N.2C2H6/c1-3-5-10-6-8-11(4-2)9-7-10;2*1-2/h1,4,6-9H2,2H3;2*1-2H3. The van der Waals surface area contributed by atoms with Gasteiger partial charge in [0.2, 0.25) is 0 Å². The first-order valence-electron chi connectivity index (χ1n) is 6.22. The van der Waals surface area contributed by atoms with Crippen molar-refractivity contribution in [1.29, 1.82) is 0 Å². The molecule has 0 aromatic rings. The van der Waals surface area contributed by atoms with Crippen molar-refractivity contribution >= 4 is 0 Å². The smallest absolute Gasteiger partial charge is 0.00250 e. The van der Waals surface area contributed by atoms with Gasteiger partial charge in [-0.3, -0.25) is 0 Å². The molecule has 0 atom stereocenters. The van der Waals surface area contributed by atoms with Crippen LogP contribution < -0.4 is 0 Å². The summed E-state index contributed by atoms with van der Waals surface area (Å²) in [4.78, 5) is 2.45. The second-order valence-corrected chi connectivity index (χ2v) is 2.84. The van der Waals surface area contributed by atoms with Crippen molar-refractivity contribution in [2.45, 2.75) is 47.5 Å². The van der Waals surface area contributed by atoms with E-state index in [4.69, 9.17) is 0 Å². The van der Waals surface area contributed by atoms with Crippen molar-refractivity contribution in [3.05, 3.63) is 23.6 Å². The van der Waals surface area contributed by atoms with E-state index in [0.29, 0.717) is 0 Å². The van der Waals surface area contributed by atoms with E-state index in [9.17, 15) is 0 Å². The first kappa shape index (κ1) is 16.7. The maximum Gasteiger partial charge on any atom is 0.00250 e. The zero-order valence-electron chi connectivity index (χ0n) is 11.2. The van der Waals surface area contributed by atoms with Gasteiger partial charge in [0.05, 0.1) is 0 Å². The van der Waals surface area contributed by atoms with Crippen molar-refractivity contribution in [3.63, 3.8) is 0 Å². The summed E-state index contributed by atoms with van der Waals surface area (Å²) in [7, 11) is 0. The fourth-order valence-electron chi connectivity index (χ4n) is 1.39. The first-order valence-corrected chi connectivity index (χ1v) is 6.22. The second kappa shape index (κ2) is 13.3. The molecule has 0 aromatic carbocycles. The van der Waals surface area contributed by atoms with Gasteiger partial charge < -0.3 is 4.90 Å². The summed E-state index contributed by atoms with van der Waals surface area (Å²) in [6.07, 6.45) is 2.30. The van der Waals surface area contributed by atoms with Crippen LogP contribution in [0.4, 0.5) is 0 Å². The number of hydrogen-bond donors (Lipinski definition) is 0. The number of piperidine rings is 1. The molecule has 15 heavy (non-hydrogen) atoms. The van der Waals surface area contributed by atoms with Crippen LogP contribution in [0.5, 0.6) is 0 Å². The van der Waals surface area contributed by atoms with Crippen LogP contribution in [-0.4, -0.2) is 24.5 Å². The van der Waals surface area contributed by atoms with Gasteiger partial charge in [0.15, 0.2) is 0 Å². The third-order valence-corrected chi connectivity index (χ3v) is 2.17. The Kier molecular flexibility index (Phi) is 14.7. The molecule has 0 aromatic heterocycles. The zero-order valence-corrected chi connectivity index (χ0v) is 11.2. The van der Waals surface area contributed by atoms with Crippen LogP contribution in [0.3, 0.4) is 0 Å². The Balaban J connectivity index is 0. The van der Waals surface area contributed by atoms with Gasteiger partial charge in [-0.15, -0.1) is 0 Å². The van der Waals surface area contributed by atoms with Crippen LogP contribution >= 0.6 is 0 Å². The predicted octanol–water partition coefficient (Wildman–Crippen LogP) is 4.02. The summed E-state index contributed by atoms with van der Waals surface area (Å²) >= 11 is 0. The lowest BCUT2D eigenvalue weighted by Crippen LogP contribution is -2.30. The highest BCUT2D eigenvalue weighted by molar-refractivity contribution is 5.04. The Morgan fingerprint density at radius 1 is 1.13 bits per heavy atom. The summed E-state index contributed by atoms with van der Waals surface area (Å²) in [5, 5.41) is 0. The monoisotopic (exact) mass is 209 g/mol. The molecule has 0 unspecified atom stereocenters. The van der Waals surface area contributed by atoms with E-state index in [0.717, 1.165) is 12.8 Å². The molecule has 1 fully saturated rings. The lowest BCUT2D eigenvalue weighted by molar-refractivity contribution is 0.270. The molecule has 1 saturated heterocycles. The summed E-state index contributed by atoms with van der Waals surface area (Å²) in [5.41, 5.74) is 7.15. The van der Waals surface area contributed by atoms with E-state index < -0.39 is 0 Å². The van der Waals surface area contributed by atoms with E-state index in [2.05, 4.69) is 29.9 Å².